The fourth-order valence-electron chi connectivity index (χ4n) is 3.71. The number of fused-ring (bicyclic) bond motifs is 1. The predicted molar refractivity (Wildman–Crippen MR) is 112 cm³/mol. The van der Waals surface area contributed by atoms with Crippen LogP contribution in [-0.4, -0.2) is 25.7 Å². The van der Waals surface area contributed by atoms with E-state index in [1.165, 1.54) is 0 Å². The lowest BCUT2D eigenvalue weighted by Crippen LogP contribution is -2.15. The molecule has 0 aromatic carbocycles. The Labute approximate surface area is 173 Å². The van der Waals surface area contributed by atoms with Gasteiger partial charge in [-0.1, -0.05) is 0 Å². The van der Waals surface area contributed by atoms with Crippen LogP contribution in [0.3, 0.4) is 0 Å². The molecule has 0 atom stereocenters. The molecular weight excluding hydrogens is 378 g/mol. The number of aromatic nitrogens is 4. The zero-order chi connectivity index (χ0) is 20.9. The summed E-state index contributed by atoms with van der Waals surface area (Å²) in [5, 5.41) is 19.9. The van der Waals surface area contributed by atoms with Crippen LogP contribution in [0.4, 0.5) is 11.5 Å². The first-order chi connectivity index (χ1) is 14.5. The lowest BCUT2D eigenvalue weighted by atomic mass is 10.0. The highest BCUT2D eigenvalue weighted by molar-refractivity contribution is 6.32. The molecule has 3 aromatic heterocycles. The molecule has 1 aliphatic heterocycles. The number of pyridine rings is 2. The van der Waals surface area contributed by atoms with Gasteiger partial charge in [0.1, 0.15) is 5.54 Å². The van der Waals surface area contributed by atoms with Crippen molar-refractivity contribution in [1.29, 1.82) is 5.26 Å². The summed E-state index contributed by atoms with van der Waals surface area (Å²) in [4.78, 5) is 21.4. The van der Waals surface area contributed by atoms with Crippen LogP contribution in [0, 0.1) is 18.3 Å². The zero-order valence-corrected chi connectivity index (χ0v) is 16.6. The number of anilines is 2. The van der Waals surface area contributed by atoms with Gasteiger partial charge in [0.05, 0.1) is 29.2 Å². The Hall–Kier alpha value is -3.99. The molecule has 3 aromatic rings. The third-order valence-electron chi connectivity index (χ3n) is 5.61. The topological polar surface area (TPSA) is 109 Å². The molecular formula is C22H19N7O. The average Bonchev–Trinajstić information content (AvgIpc) is 3.28. The summed E-state index contributed by atoms with van der Waals surface area (Å²) in [6.45, 7) is 3.85. The van der Waals surface area contributed by atoms with Gasteiger partial charge in [-0.3, -0.25) is 19.4 Å². The van der Waals surface area contributed by atoms with Crippen molar-refractivity contribution in [3.05, 3.63) is 59.8 Å². The molecule has 8 nitrogen and oxygen atoms in total. The number of amides is 1. The third-order valence-corrected chi connectivity index (χ3v) is 5.61. The minimum absolute atomic E-state index is 0.188. The van der Waals surface area contributed by atoms with Gasteiger partial charge in [0, 0.05) is 41.5 Å². The van der Waals surface area contributed by atoms with Crippen LogP contribution in [0.2, 0.25) is 0 Å². The van der Waals surface area contributed by atoms with Crippen molar-refractivity contribution < 1.29 is 4.79 Å². The minimum Gasteiger partial charge on any atom is -0.342 e. The van der Waals surface area contributed by atoms with Crippen molar-refractivity contribution in [3.63, 3.8) is 0 Å². The van der Waals surface area contributed by atoms with Crippen molar-refractivity contribution in [1.82, 2.24) is 19.7 Å². The van der Waals surface area contributed by atoms with Gasteiger partial charge in [0.15, 0.2) is 5.82 Å². The Morgan fingerprint density at radius 3 is 2.87 bits per heavy atom. The number of hydrogen-bond donors (Lipinski definition) is 2. The molecule has 148 valence electrons. The summed E-state index contributed by atoms with van der Waals surface area (Å²) < 4.78 is 1.70. The van der Waals surface area contributed by atoms with Crippen molar-refractivity contribution >= 4 is 23.0 Å². The molecule has 0 radical (unpaired) electrons. The van der Waals surface area contributed by atoms with Crippen molar-refractivity contribution in [2.75, 3.05) is 10.6 Å². The van der Waals surface area contributed by atoms with Crippen LogP contribution >= 0.6 is 0 Å². The SMILES string of the molecule is C/C(Nc1ccn(C2(C#N)CC2)n1)=C1/C(=O)Nc2cnc(-c3cnccc3C)cc21. The number of nitrogens with zero attached hydrogens (tertiary/aromatic N) is 5. The Bertz CT molecular complexity index is 1260. The smallest absolute Gasteiger partial charge is 0.258 e. The van der Waals surface area contributed by atoms with Gasteiger partial charge in [-0.05, 0) is 44.4 Å². The van der Waals surface area contributed by atoms with Gasteiger partial charge < -0.3 is 10.6 Å². The molecule has 0 spiro atoms. The maximum absolute atomic E-state index is 12.7. The third kappa shape index (κ3) is 2.83. The van der Waals surface area contributed by atoms with Crippen LogP contribution in [0.5, 0.6) is 0 Å². The van der Waals surface area contributed by atoms with Crippen LogP contribution in [0.1, 0.15) is 30.9 Å². The molecule has 4 heterocycles. The van der Waals surface area contributed by atoms with E-state index in [1.807, 2.05) is 32.0 Å². The maximum atomic E-state index is 12.7. The van der Waals surface area contributed by atoms with E-state index in [0.29, 0.717) is 22.8 Å². The summed E-state index contributed by atoms with van der Waals surface area (Å²) in [5.41, 5.74) is 4.92. The standard InChI is InChI=1S/C22H19N7O/c1-13-3-7-24-10-16(13)17-9-15-18(11-25-17)27-21(30)20(15)14(2)26-19-4-8-29(28-19)22(12-23)5-6-22/h3-4,7-11H,5-6H2,1-2H3,(H,26,28)(H,27,30)/b20-14-. The Morgan fingerprint density at radius 1 is 1.30 bits per heavy atom. The van der Waals surface area contributed by atoms with Gasteiger partial charge in [0.2, 0.25) is 0 Å². The first-order valence-corrected chi connectivity index (χ1v) is 9.69. The number of carbonyl (C=O) groups is 1. The Balaban J connectivity index is 1.50. The highest BCUT2D eigenvalue weighted by Crippen LogP contribution is 2.42. The number of allylic oxidation sites excluding steroid dienone is 1. The fraction of sp³-hybridized carbons (Fsp3) is 0.227. The second-order valence-corrected chi connectivity index (χ2v) is 7.67. The van der Waals surface area contributed by atoms with Crippen LogP contribution in [0.25, 0.3) is 16.8 Å². The van der Waals surface area contributed by atoms with Crippen molar-refractivity contribution in [2.45, 2.75) is 32.2 Å². The average molecular weight is 397 g/mol. The maximum Gasteiger partial charge on any atom is 0.258 e. The molecule has 8 heteroatoms. The normalized spacial score (nSPS) is 17.7. The lowest BCUT2D eigenvalue weighted by Gasteiger charge is -2.09. The molecule has 0 saturated heterocycles. The Morgan fingerprint density at radius 2 is 2.13 bits per heavy atom. The summed E-state index contributed by atoms with van der Waals surface area (Å²) in [6, 6.07) is 7.97. The second kappa shape index (κ2) is 6.52. The van der Waals surface area contributed by atoms with E-state index in [4.69, 9.17) is 0 Å². The first-order valence-electron chi connectivity index (χ1n) is 9.69. The molecule has 1 fully saturated rings. The number of carbonyl (C=O) groups excluding carboxylic acids is 1. The fourth-order valence-corrected chi connectivity index (χ4v) is 3.71. The zero-order valence-electron chi connectivity index (χ0n) is 16.6. The van der Waals surface area contributed by atoms with E-state index < -0.39 is 5.54 Å². The van der Waals surface area contributed by atoms with Gasteiger partial charge in [0.25, 0.3) is 5.91 Å². The van der Waals surface area contributed by atoms with Gasteiger partial charge in [-0.15, -0.1) is 0 Å². The van der Waals surface area contributed by atoms with E-state index in [-0.39, 0.29) is 5.91 Å². The molecule has 2 aliphatic rings. The molecule has 2 N–H and O–H groups in total. The molecule has 0 bridgehead atoms. The van der Waals surface area contributed by atoms with Crippen molar-refractivity contribution in [3.8, 4) is 17.3 Å². The molecule has 30 heavy (non-hydrogen) atoms. The van der Waals surface area contributed by atoms with E-state index in [2.05, 4.69) is 31.8 Å². The highest BCUT2D eigenvalue weighted by Gasteiger charge is 2.46. The van der Waals surface area contributed by atoms with E-state index in [1.54, 1.807) is 29.5 Å². The quantitative estimate of drug-likeness (QED) is 0.653. The summed E-state index contributed by atoms with van der Waals surface area (Å²) in [6.07, 6.45) is 8.61. The second-order valence-electron chi connectivity index (χ2n) is 7.67. The van der Waals surface area contributed by atoms with Crippen molar-refractivity contribution in [2.24, 2.45) is 0 Å². The Kier molecular flexibility index (Phi) is 3.93. The lowest BCUT2D eigenvalue weighted by molar-refractivity contribution is -0.110. The molecule has 1 aliphatic carbocycles. The molecule has 5 rings (SSSR count). The minimum atomic E-state index is -0.513. The largest absolute Gasteiger partial charge is 0.342 e. The molecule has 0 unspecified atom stereocenters. The number of hydrogen-bond acceptors (Lipinski definition) is 6. The van der Waals surface area contributed by atoms with Crippen LogP contribution < -0.4 is 10.6 Å². The number of aryl methyl sites for hydroxylation is 1. The van der Waals surface area contributed by atoms with E-state index in [9.17, 15) is 10.1 Å². The number of nitrogens with one attached hydrogen (secondary N) is 2. The van der Waals surface area contributed by atoms with Crippen LogP contribution in [-0.2, 0) is 10.3 Å². The summed E-state index contributed by atoms with van der Waals surface area (Å²) in [5.74, 6) is 0.409. The van der Waals surface area contributed by atoms with E-state index >= 15 is 0 Å². The molecule has 1 saturated carbocycles. The number of rotatable bonds is 4. The monoisotopic (exact) mass is 397 g/mol. The number of nitriles is 1. The predicted octanol–water partition coefficient (Wildman–Crippen LogP) is 3.46. The first kappa shape index (κ1) is 18.1. The van der Waals surface area contributed by atoms with Gasteiger partial charge >= 0.3 is 0 Å². The summed E-state index contributed by atoms with van der Waals surface area (Å²) >= 11 is 0. The van der Waals surface area contributed by atoms with Gasteiger partial charge in [-0.25, -0.2) is 0 Å². The summed E-state index contributed by atoms with van der Waals surface area (Å²) in [7, 11) is 0. The molecule has 1 amide bonds. The van der Waals surface area contributed by atoms with Crippen LogP contribution in [0.15, 0.2) is 48.7 Å². The van der Waals surface area contributed by atoms with Gasteiger partial charge in [-0.2, -0.15) is 10.4 Å². The highest BCUT2D eigenvalue weighted by atomic mass is 16.2. The van der Waals surface area contributed by atoms with E-state index in [0.717, 1.165) is 35.2 Å².